The molecular formula is C8H11ClN4O2. The molecule has 0 heterocycles. The van der Waals surface area contributed by atoms with Gasteiger partial charge in [0.1, 0.15) is 11.5 Å². The number of nitrogens with zero attached hydrogens (tertiary/aromatic N) is 1. The number of nitrogens with two attached hydrogens (primary N) is 1. The summed E-state index contributed by atoms with van der Waals surface area (Å²) in [6.07, 6.45) is 0. The zero-order valence-electron chi connectivity index (χ0n) is 7.98. The molecule has 0 radical (unpaired) electrons. The van der Waals surface area contributed by atoms with E-state index >= 15 is 0 Å². The lowest BCUT2D eigenvalue weighted by atomic mass is 10.1. The minimum absolute atomic E-state index is 0. The van der Waals surface area contributed by atoms with Crippen molar-refractivity contribution < 1.29 is 4.92 Å². The van der Waals surface area contributed by atoms with Crippen LogP contribution in [0.25, 0.3) is 0 Å². The Kier molecular flexibility index (Phi) is 4.53. The second-order valence-corrected chi connectivity index (χ2v) is 2.65. The fraction of sp³-hybridized carbons (Fsp3) is 0.125. The summed E-state index contributed by atoms with van der Waals surface area (Å²) in [6.45, 7) is 0. The smallest absolute Gasteiger partial charge is 0.293 e. The van der Waals surface area contributed by atoms with E-state index in [0.717, 1.165) is 0 Å². The molecule has 0 fully saturated rings. The van der Waals surface area contributed by atoms with Crippen molar-refractivity contribution in [3.05, 3.63) is 33.9 Å². The number of rotatable bonds is 3. The van der Waals surface area contributed by atoms with Crippen molar-refractivity contribution in [2.24, 2.45) is 5.73 Å². The van der Waals surface area contributed by atoms with Gasteiger partial charge in [0.2, 0.25) is 0 Å². The van der Waals surface area contributed by atoms with Gasteiger partial charge in [-0.25, -0.2) is 0 Å². The second kappa shape index (κ2) is 5.16. The first-order valence-corrected chi connectivity index (χ1v) is 3.87. The maximum atomic E-state index is 10.6. The van der Waals surface area contributed by atoms with Crippen LogP contribution in [0.5, 0.6) is 0 Å². The van der Waals surface area contributed by atoms with E-state index in [1.807, 2.05) is 0 Å². The molecular weight excluding hydrogens is 220 g/mol. The summed E-state index contributed by atoms with van der Waals surface area (Å²) in [5.74, 6) is -0.184. The Bertz CT molecular complexity index is 394. The third-order valence-corrected chi connectivity index (χ3v) is 1.77. The fourth-order valence-electron chi connectivity index (χ4n) is 1.06. The fourth-order valence-corrected chi connectivity index (χ4v) is 1.06. The van der Waals surface area contributed by atoms with Crippen molar-refractivity contribution >= 4 is 29.6 Å². The number of nitro benzene ring substituents is 1. The molecule has 0 saturated heterocycles. The standard InChI is InChI=1S/C8H10N4O2.ClH/c1-11-6-3-2-5(8(9)10)4-7(6)12(13)14;/h2-4,11H,1H3,(H3,9,10);1H. The summed E-state index contributed by atoms with van der Waals surface area (Å²) in [6, 6.07) is 4.35. The van der Waals surface area contributed by atoms with Gasteiger partial charge in [-0.15, -0.1) is 12.4 Å². The van der Waals surface area contributed by atoms with Crippen molar-refractivity contribution in [3.63, 3.8) is 0 Å². The molecule has 0 saturated carbocycles. The lowest BCUT2D eigenvalue weighted by Gasteiger charge is -2.03. The molecule has 0 aliphatic carbocycles. The van der Waals surface area contributed by atoms with Crippen LogP contribution in [0.1, 0.15) is 5.56 Å². The van der Waals surface area contributed by atoms with Crippen LogP contribution in [0, 0.1) is 15.5 Å². The van der Waals surface area contributed by atoms with Gasteiger partial charge in [0.25, 0.3) is 5.69 Å². The number of hydrogen-bond donors (Lipinski definition) is 3. The van der Waals surface area contributed by atoms with E-state index in [1.165, 1.54) is 12.1 Å². The lowest BCUT2D eigenvalue weighted by molar-refractivity contribution is -0.383. The van der Waals surface area contributed by atoms with E-state index in [2.05, 4.69) is 5.32 Å². The van der Waals surface area contributed by atoms with Gasteiger partial charge in [0.15, 0.2) is 0 Å². The predicted molar refractivity (Wildman–Crippen MR) is 60.9 cm³/mol. The Labute approximate surface area is 92.5 Å². The third-order valence-electron chi connectivity index (χ3n) is 1.77. The molecule has 1 aromatic rings. The normalized spacial score (nSPS) is 8.87. The van der Waals surface area contributed by atoms with Gasteiger partial charge in [-0.3, -0.25) is 15.5 Å². The minimum Gasteiger partial charge on any atom is -0.384 e. The van der Waals surface area contributed by atoms with Crippen LogP contribution in [0.3, 0.4) is 0 Å². The molecule has 82 valence electrons. The Balaban J connectivity index is 0.00000196. The molecule has 0 atom stereocenters. The molecule has 0 amide bonds. The summed E-state index contributed by atoms with van der Waals surface area (Å²) in [4.78, 5) is 10.1. The highest BCUT2D eigenvalue weighted by atomic mass is 35.5. The Morgan fingerprint density at radius 3 is 2.60 bits per heavy atom. The molecule has 0 aromatic heterocycles. The molecule has 6 nitrogen and oxygen atoms in total. The Morgan fingerprint density at radius 2 is 2.20 bits per heavy atom. The van der Waals surface area contributed by atoms with Crippen LogP contribution in [-0.2, 0) is 0 Å². The average molecular weight is 231 g/mol. The average Bonchev–Trinajstić information content (AvgIpc) is 2.16. The minimum atomic E-state index is -0.516. The molecule has 1 rings (SSSR count). The summed E-state index contributed by atoms with van der Waals surface area (Å²) in [5.41, 5.74) is 5.88. The Hall–Kier alpha value is -1.82. The van der Waals surface area contributed by atoms with Crippen molar-refractivity contribution in [2.75, 3.05) is 12.4 Å². The molecule has 7 heteroatoms. The number of nitro groups is 1. The number of nitrogens with one attached hydrogen (secondary N) is 2. The van der Waals surface area contributed by atoms with E-state index in [9.17, 15) is 10.1 Å². The van der Waals surface area contributed by atoms with Gasteiger partial charge < -0.3 is 11.1 Å². The highest BCUT2D eigenvalue weighted by Crippen LogP contribution is 2.24. The van der Waals surface area contributed by atoms with Crippen LogP contribution >= 0.6 is 12.4 Å². The quantitative estimate of drug-likeness (QED) is 0.315. The van der Waals surface area contributed by atoms with Gasteiger partial charge >= 0.3 is 0 Å². The molecule has 0 spiro atoms. The lowest BCUT2D eigenvalue weighted by Crippen LogP contribution is -2.11. The maximum Gasteiger partial charge on any atom is 0.293 e. The van der Waals surface area contributed by atoms with Crippen LogP contribution in [0.15, 0.2) is 18.2 Å². The van der Waals surface area contributed by atoms with Crippen molar-refractivity contribution in [2.45, 2.75) is 0 Å². The number of halogens is 1. The van der Waals surface area contributed by atoms with Crippen molar-refractivity contribution in [1.82, 2.24) is 0 Å². The van der Waals surface area contributed by atoms with Crippen molar-refractivity contribution in [1.29, 1.82) is 5.41 Å². The van der Waals surface area contributed by atoms with Gasteiger partial charge in [-0.2, -0.15) is 0 Å². The van der Waals surface area contributed by atoms with Crippen molar-refractivity contribution in [3.8, 4) is 0 Å². The second-order valence-electron chi connectivity index (χ2n) is 2.65. The Morgan fingerprint density at radius 1 is 1.60 bits per heavy atom. The SMILES string of the molecule is CNc1ccc(C(=N)N)cc1[N+](=O)[O-].Cl. The zero-order chi connectivity index (χ0) is 10.7. The summed E-state index contributed by atoms with van der Waals surface area (Å²) < 4.78 is 0. The highest BCUT2D eigenvalue weighted by Gasteiger charge is 2.13. The molecule has 0 unspecified atom stereocenters. The van der Waals surface area contributed by atoms with Crippen LogP contribution in [0.4, 0.5) is 11.4 Å². The predicted octanol–water partition coefficient (Wildman–Crippen LogP) is 1.34. The van der Waals surface area contributed by atoms with E-state index in [4.69, 9.17) is 11.1 Å². The first kappa shape index (κ1) is 13.2. The number of benzene rings is 1. The summed E-state index contributed by atoms with van der Waals surface area (Å²) in [5, 5.41) is 20.4. The molecule has 0 aliphatic rings. The van der Waals surface area contributed by atoms with Gasteiger partial charge in [-0.1, -0.05) is 0 Å². The first-order valence-electron chi connectivity index (χ1n) is 3.87. The van der Waals surface area contributed by atoms with E-state index < -0.39 is 4.92 Å². The molecule has 0 aliphatic heterocycles. The summed E-state index contributed by atoms with van der Waals surface area (Å²) in [7, 11) is 1.59. The highest BCUT2D eigenvalue weighted by molar-refractivity contribution is 5.96. The molecule has 0 bridgehead atoms. The number of anilines is 1. The summed E-state index contributed by atoms with van der Waals surface area (Å²) >= 11 is 0. The van der Waals surface area contributed by atoms with Crippen LogP contribution in [0.2, 0.25) is 0 Å². The zero-order valence-corrected chi connectivity index (χ0v) is 8.80. The van der Waals surface area contributed by atoms with Gasteiger partial charge in [0.05, 0.1) is 4.92 Å². The van der Waals surface area contributed by atoms with Gasteiger partial charge in [0, 0.05) is 18.7 Å². The third kappa shape index (κ3) is 2.81. The van der Waals surface area contributed by atoms with Crippen LogP contribution < -0.4 is 11.1 Å². The number of amidine groups is 1. The van der Waals surface area contributed by atoms with E-state index in [-0.39, 0.29) is 23.9 Å². The van der Waals surface area contributed by atoms with E-state index in [0.29, 0.717) is 11.3 Å². The maximum absolute atomic E-state index is 10.6. The van der Waals surface area contributed by atoms with Gasteiger partial charge in [-0.05, 0) is 12.1 Å². The van der Waals surface area contributed by atoms with Crippen LogP contribution in [-0.4, -0.2) is 17.8 Å². The molecule has 1 aromatic carbocycles. The topological polar surface area (TPSA) is 105 Å². The number of nitrogen functional groups attached to an aromatic ring is 1. The largest absolute Gasteiger partial charge is 0.384 e. The van der Waals surface area contributed by atoms with E-state index in [1.54, 1.807) is 13.1 Å². The molecule has 4 N–H and O–H groups in total. The number of hydrogen-bond acceptors (Lipinski definition) is 4. The first-order chi connectivity index (χ1) is 6.56. The molecule has 15 heavy (non-hydrogen) atoms. The monoisotopic (exact) mass is 230 g/mol.